The Balaban J connectivity index is 1.98. The lowest BCUT2D eigenvalue weighted by Gasteiger charge is -2.08. The van der Waals surface area contributed by atoms with Gasteiger partial charge in [-0.3, -0.25) is 4.57 Å². The maximum Gasteiger partial charge on any atom is 0.417 e. The minimum absolute atomic E-state index is 0.0198. The van der Waals surface area contributed by atoms with E-state index in [1.54, 1.807) is 0 Å². The maximum atomic E-state index is 13.2. The third-order valence-corrected chi connectivity index (χ3v) is 3.83. The molecule has 0 aliphatic rings. The molecule has 0 aliphatic heterocycles. The molecule has 0 atom stereocenters. The van der Waals surface area contributed by atoms with Gasteiger partial charge in [-0.25, -0.2) is 29.3 Å². The van der Waals surface area contributed by atoms with Gasteiger partial charge in [-0.15, -0.1) is 0 Å². The van der Waals surface area contributed by atoms with Crippen molar-refractivity contribution >= 4 is 11.2 Å². The largest absolute Gasteiger partial charge is 0.480 e. The van der Waals surface area contributed by atoms with Gasteiger partial charge in [-0.1, -0.05) is 0 Å². The number of ether oxygens (including phenoxy) is 1. The molecular formula is C17H10F4N6O. The Hall–Kier alpha value is -3.63. The van der Waals surface area contributed by atoms with Crippen LogP contribution in [-0.4, -0.2) is 36.6 Å². The molecule has 0 fully saturated rings. The highest BCUT2D eigenvalue weighted by molar-refractivity contribution is 5.79. The Morgan fingerprint density at radius 1 is 0.964 bits per heavy atom. The highest BCUT2D eigenvalue weighted by atomic mass is 19.4. The third-order valence-electron chi connectivity index (χ3n) is 3.83. The molecule has 4 aromatic heterocycles. The van der Waals surface area contributed by atoms with Crippen LogP contribution < -0.4 is 4.74 Å². The van der Waals surface area contributed by atoms with E-state index in [0.29, 0.717) is 6.20 Å². The van der Waals surface area contributed by atoms with Crippen molar-refractivity contribution in [1.82, 2.24) is 29.5 Å². The lowest BCUT2D eigenvalue weighted by molar-refractivity contribution is -0.137. The molecule has 0 spiro atoms. The predicted molar refractivity (Wildman–Crippen MR) is 89.2 cm³/mol. The van der Waals surface area contributed by atoms with Crippen LogP contribution in [0.5, 0.6) is 5.88 Å². The van der Waals surface area contributed by atoms with Gasteiger partial charge in [0, 0.05) is 6.20 Å². The number of hydrogen-bond acceptors (Lipinski definition) is 6. The zero-order valence-electron chi connectivity index (χ0n) is 14.1. The zero-order chi connectivity index (χ0) is 19.9. The average Bonchev–Trinajstić information content (AvgIpc) is 3.06. The van der Waals surface area contributed by atoms with Gasteiger partial charge in [0.2, 0.25) is 5.88 Å². The van der Waals surface area contributed by atoms with E-state index in [2.05, 4.69) is 24.9 Å². The van der Waals surface area contributed by atoms with Gasteiger partial charge >= 0.3 is 6.18 Å². The number of hydrogen-bond donors (Lipinski definition) is 0. The number of nitrogens with zero attached hydrogens (tertiary/aromatic N) is 6. The number of halogens is 4. The molecule has 142 valence electrons. The van der Waals surface area contributed by atoms with Gasteiger partial charge in [-0.2, -0.15) is 13.2 Å². The first-order valence-electron chi connectivity index (χ1n) is 7.81. The summed E-state index contributed by atoms with van der Waals surface area (Å²) in [5.41, 5.74) is -0.614. The van der Waals surface area contributed by atoms with Crippen molar-refractivity contribution in [2.45, 2.75) is 6.18 Å². The number of alkyl halides is 3. The van der Waals surface area contributed by atoms with Gasteiger partial charge < -0.3 is 4.74 Å². The summed E-state index contributed by atoms with van der Waals surface area (Å²) < 4.78 is 58.7. The molecule has 7 nitrogen and oxygen atoms in total. The second kappa shape index (κ2) is 6.51. The van der Waals surface area contributed by atoms with Crippen LogP contribution in [0.3, 0.4) is 0 Å². The highest BCUT2D eigenvalue weighted by Gasteiger charge is 2.32. The molecule has 0 amide bonds. The summed E-state index contributed by atoms with van der Waals surface area (Å²) in [6.45, 7) is 0. The summed E-state index contributed by atoms with van der Waals surface area (Å²) in [5.74, 6) is 0.0630. The lowest BCUT2D eigenvalue weighted by atomic mass is 10.2. The molecule has 0 aromatic carbocycles. The first-order valence-corrected chi connectivity index (χ1v) is 7.81. The molecule has 4 aromatic rings. The summed E-state index contributed by atoms with van der Waals surface area (Å²) in [7, 11) is 1.42. The fourth-order valence-electron chi connectivity index (χ4n) is 2.55. The molecule has 0 saturated carbocycles. The zero-order valence-corrected chi connectivity index (χ0v) is 14.1. The first kappa shape index (κ1) is 17.8. The van der Waals surface area contributed by atoms with E-state index < -0.39 is 17.6 Å². The summed E-state index contributed by atoms with van der Waals surface area (Å²) >= 11 is 0. The van der Waals surface area contributed by atoms with Crippen molar-refractivity contribution in [3.8, 4) is 23.2 Å². The Kier molecular flexibility index (Phi) is 4.13. The van der Waals surface area contributed by atoms with E-state index in [1.165, 1.54) is 36.2 Å². The topological polar surface area (TPSA) is 78.6 Å². The summed E-state index contributed by atoms with van der Waals surface area (Å²) in [6.07, 6.45) is -0.189. The molecule has 0 saturated heterocycles. The summed E-state index contributed by atoms with van der Waals surface area (Å²) in [4.78, 5) is 20.3. The Labute approximate surface area is 154 Å². The summed E-state index contributed by atoms with van der Waals surface area (Å²) in [6, 6.07) is 3.40. The Morgan fingerprint density at radius 3 is 2.39 bits per heavy atom. The molecule has 0 radical (unpaired) electrons. The second-order valence-electron chi connectivity index (χ2n) is 5.61. The molecule has 28 heavy (non-hydrogen) atoms. The van der Waals surface area contributed by atoms with E-state index in [1.807, 2.05) is 0 Å². The van der Waals surface area contributed by atoms with Crippen LogP contribution in [0, 0.1) is 5.82 Å². The fraction of sp³-hybridized carbons (Fsp3) is 0.118. The Bertz CT molecular complexity index is 1140. The number of pyridine rings is 2. The molecule has 0 bridgehead atoms. The predicted octanol–water partition coefficient (Wildman–Crippen LogP) is 3.44. The first-order chi connectivity index (χ1) is 13.4. The third kappa shape index (κ3) is 3.10. The van der Waals surface area contributed by atoms with Crippen LogP contribution in [0.25, 0.3) is 28.5 Å². The fourth-order valence-corrected chi connectivity index (χ4v) is 2.55. The number of rotatable bonds is 3. The Morgan fingerprint density at radius 2 is 1.79 bits per heavy atom. The summed E-state index contributed by atoms with van der Waals surface area (Å²) in [5, 5.41) is 0. The minimum Gasteiger partial charge on any atom is -0.480 e. The molecule has 0 aliphatic carbocycles. The normalized spacial score (nSPS) is 11.8. The monoisotopic (exact) mass is 390 g/mol. The van der Waals surface area contributed by atoms with Gasteiger partial charge in [0.05, 0.1) is 31.3 Å². The number of methoxy groups -OCH3 is 1. The van der Waals surface area contributed by atoms with Crippen molar-refractivity contribution in [3.63, 3.8) is 0 Å². The number of aromatic nitrogens is 6. The van der Waals surface area contributed by atoms with Crippen LogP contribution in [0.4, 0.5) is 17.6 Å². The average molecular weight is 390 g/mol. The maximum absolute atomic E-state index is 13.2. The van der Waals surface area contributed by atoms with E-state index >= 15 is 0 Å². The smallest absolute Gasteiger partial charge is 0.417 e. The van der Waals surface area contributed by atoms with Crippen LogP contribution in [0.2, 0.25) is 0 Å². The number of imidazole rings is 1. The van der Waals surface area contributed by atoms with Gasteiger partial charge in [0.25, 0.3) is 0 Å². The second-order valence-corrected chi connectivity index (χ2v) is 5.61. The minimum atomic E-state index is -4.57. The molecule has 0 unspecified atom stereocenters. The van der Waals surface area contributed by atoms with Crippen molar-refractivity contribution in [2.24, 2.45) is 0 Å². The van der Waals surface area contributed by atoms with E-state index in [9.17, 15) is 17.6 Å². The van der Waals surface area contributed by atoms with Gasteiger partial charge in [0.1, 0.15) is 17.0 Å². The molecular weight excluding hydrogens is 380 g/mol. The van der Waals surface area contributed by atoms with Gasteiger partial charge in [-0.05, 0) is 18.2 Å². The van der Waals surface area contributed by atoms with Crippen molar-refractivity contribution in [1.29, 1.82) is 0 Å². The molecule has 4 rings (SSSR count). The van der Waals surface area contributed by atoms with Crippen molar-refractivity contribution in [2.75, 3.05) is 7.11 Å². The van der Waals surface area contributed by atoms with E-state index in [-0.39, 0.29) is 34.4 Å². The highest BCUT2D eigenvalue weighted by Crippen LogP contribution is 2.32. The van der Waals surface area contributed by atoms with Crippen LogP contribution in [0.1, 0.15) is 5.56 Å². The van der Waals surface area contributed by atoms with Crippen LogP contribution in [-0.2, 0) is 6.18 Å². The van der Waals surface area contributed by atoms with Crippen LogP contribution >= 0.6 is 0 Å². The molecule has 4 heterocycles. The SMILES string of the molecule is COc1cnc(-n2c(-c3ccc(F)cn3)nc3cc(C(F)(F)F)cnc32)cn1. The lowest BCUT2D eigenvalue weighted by Crippen LogP contribution is -2.06. The quantitative estimate of drug-likeness (QED) is 0.499. The molecule has 11 heteroatoms. The van der Waals surface area contributed by atoms with E-state index in [0.717, 1.165) is 12.3 Å². The number of fused-ring (bicyclic) bond motifs is 1. The van der Waals surface area contributed by atoms with Crippen molar-refractivity contribution in [3.05, 3.63) is 54.4 Å². The van der Waals surface area contributed by atoms with Crippen LogP contribution in [0.15, 0.2) is 43.0 Å². The standard InChI is InChI=1S/C17H10F4N6O/c1-28-14-8-23-13(7-24-14)27-15-12(4-9(5-25-15)17(19,20)21)26-16(27)11-3-2-10(18)6-22-11/h2-8H,1H3. The van der Waals surface area contributed by atoms with Crippen molar-refractivity contribution < 1.29 is 22.3 Å². The van der Waals surface area contributed by atoms with Gasteiger partial charge in [0.15, 0.2) is 17.3 Å². The molecule has 0 N–H and O–H groups in total. The van der Waals surface area contributed by atoms with E-state index in [4.69, 9.17) is 4.74 Å².